The number of aliphatic hydroxyl groups excluding tert-OH is 2. The number of phosphoric ester groups is 1. The number of aliphatic hydroxyl groups is 2. The maximum absolute atomic E-state index is 11.7. The number of ether oxygens (including phenoxy) is 1. The summed E-state index contributed by atoms with van der Waals surface area (Å²) in [6.07, 6.45) is -4.09. The molecule has 0 amide bonds. The third-order valence-electron chi connectivity index (χ3n) is 3.44. The van der Waals surface area contributed by atoms with Crippen molar-refractivity contribution in [2.75, 3.05) is 6.61 Å². The van der Waals surface area contributed by atoms with Crippen molar-refractivity contribution < 1.29 is 33.8 Å². The van der Waals surface area contributed by atoms with Crippen molar-refractivity contribution in [3.63, 3.8) is 0 Å². The zero-order valence-corrected chi connectivity index (χ0v) is 14.7. The average Bonchev–Trinajstić information content (AvgIpc) is 2.96. The minimum atomic E-state index is -4.75. The molecule has 0 unspecified atom stereocenters. The van der Waals surface area contributed by atoms with E-state index in [1.165, 1.54) is 4.57 Å². The summed E-state index contributed by atoms with van der Waals surface area (Å²) in [6.45, 7) is -0.629. The van der Waals surface area contributed by atoms with Crippen molar-refractivity contribution in [2.45, 2.75) is 24.5 Å². The van der Waals surface area contributed by atoms with Crippen LogP contribution in [0.5, 0.6) is 0 Å². The lowest BCUT2D eigenvalue weighted by molar-refractivity contribution is -0.0515. The summed E-state index contributed by atoms with van der Waals surface area (Å²) < 4.78 is 22.1. The third-order valence-corrected chi connectivity index (χ3v) is 4.69. The lowest BCUT2D eigenvalue weighted by Gasteiger charge is -2.17. The molecule has 0 saturated carbocycles. The van der Waals surface area contributed by atoms with Gasteiger partial charge in [0, 0.05) is 22.6 Å². The number of imidazole rings is 1. The molecular formula is C10H12IN4O8P. The number of H-pyrrole nitrogens is 1. The first-order chi connectivity index (χ1) is 11.2. The molecule has 14 heteroatoms. The molecule has 1 aliphatic heterocycles. The number of hydrogen-bond donors (Lipinski definition) is 5. The molecule has 2 aromatic rings. The quantitative estimate of drug-likeness (QED) is 0.198. The summed E-state index contributed by atoms with van der Waals surface area (Å²) in [4.78, 5) is 39.6. The molecule has 0 radical (unpaired) electrons. The van der Waals surface area contributed by atoms with E-state index in [9.17, 15) is 19.6 Å². The van der Waals surface area contributed by atoms with E-state index in [1.54, 1.807) is 0 Å². The molecular weight excluding hydrogens is 462 g/mol. The fourth-order valence-electron chi connectivity index (χ4n) is 2.37. The Hall–Kier alpha value is -0.930. The maximum atomic E-state index is 11.7. The van der Waals surface area contributed by atoms with Crippen LogP contribution in [0.1, 0.15) is 6.23 Å². The normalized spacial score (nSPS) is 27.9. The first-order valence-electron chi connectivity index (χ1n) is 6.52. The van der Waals surface area contributed by atoms with E-state index in [2.05, 4.69) is 19.5 Å². The Morgan fingerprint density at radius 2 is 2.12 bits per heavy atom. The number of hydrogen-bond acceptors (Lipinski definition) is 8. The summed E-state index contributed by atoms with van der Waals surface area (Å²) >= 11 is 1.81. The van der Waals surface area contributed by atoms with E-state index in [4.69, 9.17) is 14.5 Å². The molecule has 2 aromatic heterocycles. The van der Waals surface area contributed by atoms with Crippen molar-refractivity contribution in [1.29, 1.82) is 0 Å². The molecule has 0 bridgehead atoms. The molecule has 1 saturated heterocycles. The van der Waals surface area contributed by atoms with Crippen LogP contribution in [-0.4, -0.2) is 64.4 Å². The molecule has 5 N–H and O–H groups in total. The van der Waals surface area contributed by atoms with Crippen LogP contribution in [0.3, 0.4) is 0 Å². The van der Waals surface area contributed by atoms with Gasteiger partial charge in [-0.15, -0.1) is 0 Å². The number of aromatic nitrogens is 4. The average molecular weight is 474 g/mol. The van der Waals surface area contributed by atoms with Gasteiger partial charge in [-0.3, -0.25) is 13.9 Å². The number of fused-ring (bicyclic) bond motifs is 1. The molecule has 24 heavy (non-hydrogen) atoms. The Morgan fingerprint density at radius 3 is 2.79 bits per heavy atom. The van der Waals surface area contributed by atoms with Gasteiger partial charge >= 0.3 is 7.82 Å². The second kappa shape index (κ2) is 6.42. The minimum absolute atomic E-state index is 0.0297. The van der Waals surface area contributed by atoms with Crippen molar-refractivity contribution in [1.82, 2.24) is 19.5 Å². The third kappa shape index (κ3) is 3.25. The Bertz CT molecular complexity index is 864. The molecule has 3 heterocycles. The van der Waals surface area contributed by atoms with Crippen LogP contribution in [0.25, 0.3) is 11.2 Å². The molecule has 1 fully saturated rings. The monoisotopic (exact) mass is 474 g/mol. The summed E-state index contributed by atoms with van der Waals surface area (Å²) in [5, 5.41) is 20.2. The fraction of sp³-hybridized carbons (Fsp3) is 0.500. The van der Waals surface area contributed by atoms with Gasteiger partial charge in [0.2, 0.25) is 0 Å². The van der Waals surface area contributed by atoms with Crippen LogP contribution in [0, 0.1) is 3.83 Å². The molecule has 1 aliphatic rings. The topological polar surface area (TPSA) is 180 Å². The van der Waals surface area contributed by atoms with E-state index in [0.29, 0.717) is 0 Å². The SMILES string of the molecule is O=c1[nH]cnc2c1nc(I)n2[C@@H]1O[C@H](COP(=O)(O)O)[C@@H](O)[C@H]1O. The molecule has 4 atom stereocenters. The zero-order chi connectivity index (χ0) is 17.6. The molecule has 3 rings (SSSR count). The van der Waals surface area contributed by atoms with Gasteiger partial charge in [-0.05, 0) is 0 Å². The Balaban J connectivity index is 1.93. The van der Waals surface area contributed by atoms with Crippen molar-refractivity contribution in [3.8, 4) is 0 Å². The van der Waals surface area contributed by atoms with Gasteiger partial charge in [-0.2, -0.15) is 0 Å². The van der Waals surface area contributed by atoms with Gasteiger partial charge < -0.3 is 29.7 Å². The number of aromatic amines is 1. The van der Waals surface area contributed by atoms with Gasteiger partial charge in [-0.1, -0.05) is 0 Å². The van der Waals surface area contributed by atoms with Gasteiger partial charge in [0.15, 0.2) is 21.2 Å². The molecule has 0 aliphatic carbocycles. The second-order valence-electron chi connectivity index (χ2n) is 4.99. The van der Waals surface area contributed by atoms with Crippen LogP contribution in [-0.2, 0) is 13.8 Å². The number of phosphoric acid groups is 1. The smallest absolute Gasteiger partial charge is 0.387 e. The zero-order valence-electron chi connectivity index (χ0n) is 11.7. The predicted octanol–water partition coefficient (Wildman–Crippen LogP) is -1.55. The van der Waals surface area contributed by atoms with E-state index < -0.39 is 44.5 Å². The summed E-state index contributed by atoms with van der Waals surface area (Å²) in [5.41, 5.74) is -0.316. The maximum Gasteiger partial charge on any atom is 0.469 e. The fourth-order valence-corrected chi connectivity index (χ4v) is 3.46. The number of nitrogens with zero attached hydrogens (tertiary/aromatic N) is 3. The van der Waals surface area contributed by atoms with Gasteiger partial charge in [-0.25, -0.2) is 14.5 Å². The van der Waals surface area contributed by atoms with Crippen LogP contribution in [0.4, 0.5) is 0 Å². The van der Waals surface area contributed by atoms with E-state index in [-0.39, 0.29) is 15.0 Å². The van der Waals surface area contributed by atoms with Gasteiger partial charge in [0.05, 0.1) is 12.9 Å². The highest BCUT2D eigenvalue weighted by Crippen LogP contribution is 2.39. The summed E-state index contributed by atoms with van der Waals surface area (Å²) in [5.74, 6) is 0. The van der Waals surface area contributed by atoms with Crippen molar-refractivity contribution in [3.05, 3.63) is 20.5 Å². The van der Waals surface area contributed by atoms with Crippen LogP contribution < -0.4 is 5.56 Å². The van der Waals surface area contributed by atoms with Crippen LogP contribution in [0.2, 0.25) is 0 Å². The highest BCUT2D eigenvalue weighted by molar-refractivity contribution is 14.1. The van der Waals surface area contributed by atoms with Gasteiger partial charge in [0.25, 0.3) is 5.56 Å². The van der Waals surface area contributed by atoms with Gasteiger partial charge in [0.1, 0.15) is 18.3 Å². The highest BCUT2D eigenvalue weighted by atomic mass is 127. The first-order valence-corrected chi connectivity index (χ1v) is 9.13. The number of nitrogens with one attached hydrogen (secondary N) is 1. The van der Waals surface area contributed by atoms with E-state index >= 15 is 0 Å². The van der Waals surface area contributed by atoms with Crippen LogP contribution in [0.15, 0.2) is 11.1 Å². The lowest BCUT2D eigenvalue weighted by atomic mass is 10.1. The van der Waals surface area contributed by atoms with Crippen molar-refractivity contribution >= 4 is 41.6 Å². The lowest BCUT2D eigenvalue weighted by Crippen LogP contribution is -2.33. The number of halogens is 1. The molecule has 132 valence electrons. The standard InChI is InChI=1S/C10H12IN4O8P/c11-10-14-4-7(12-2-13-8(4)18)15(10)9-6(17)5(16)3(23-9)1-22-24(19,20)21/h2-3,5-6,9,16-17H,1H2,(H,12,13,18)(H2,19,20,21)/t3-,5-,6-,9-/m1/s1. The largest absolute Gasteiger partial charge is 0.469 e. The molecule has 0 aromatic carbocycles. The molecule has 12 nitrogen and oxygen atoms in total. The second-order valence-corrected chi connectivity index (χ2v) is 7.19. The van der Waals surface area contributed by atoms with Crippen LogP contribution >= 0.6 is 30.4 Å². The predicted molar refractivity (Wildman–Crippen MR) is 84.8 cm³/mol. The highest BCUT2D eigenvalue weighted by Gasteiger charge is 2.45. The Morgan fingerprint density at radius 1 is 1.42 bits per heavy atom. The first kappa shape index (κ1) is 17.9. The number of rotatable bonds is 4. The molecule has 0 spiro atoms. The van der Waals surface area contributed by atoms with E-state index in [0.717, 1.165) is 6.33 Å². The Kier molecular flexibility index (Phi) is 4.78. The van der Waals surface area contributed by atoms with Crippen molar-refractivity contribution in [2.24, 2.45) is 0 Å². The minimum Gasteiger partial charge on any atom is -0.387 e. The Labute approximate surface area is 146 Å². The van der Waals surface area contributed by atoms with E-state index in [1.807, 2.05) is 22.6 Å². The summed E-state index contributed by atoms with van der Waals surface area (Å²) in [7, 11) is -4.75. The summed E-state index contributed by atoms with van der Waals surface area (Å²) in [6, 6.07) is 0.